The Morgan fingerprint density at radius 2 is 2.29 bits per heavy atom. The molecule has 3 unspecified atom stereocenters. The fourth-order valence-corrected chi connectivity index (χ4v) is 4.01. The van der Waals surface area contributed by atoms with Gasteiger partial charge in [-0.2, -0.15) is 0 Å². The SMILES string of the molecule is CC(NCCN1CCC2C(CCCN2C)C1)c1ccco1. The van der Waals surface area contributed by atoms with Crippen molar-refractivity contribution in [2.24, 2.45) is 5.92 Å². The number of piperidine rings is 2. The van der Waals surface area contributed by atoms with Gasteiger partial charge in [-0.25, -0.2) is 0 Å². The van der Waals surface area contributed by atoms with Crippen LogP contribution >= 0.6 is 0 Å². The summed E-state index contributed by atoms with van der Waals surface area (Å²) >= 11 is 0. The lowest BCUT2D eigenvalue weighted by atomic mass is 9.84. The Morgan fingerprint density at radius 3 is 3.10 bits per heavy atom. The van der Waals surface area contributed by atoms with E-state index in [2.05, 4.69) is 29.1 Å². The van der Waals surface area contributed by atoms with Gasteiger partial charge in [0.15, 0.2) is 0 Å². The quantitative estimate of drug-likeness (QED) is 0.902. The second kappa shape index (κ2) is 6.95. The predicted molar refractivity (Wildman–Crippen MR) is 85.3 cm³/mol. The first kappa shape index (κ1) is 15.1. The van der Waals surface area contributed by atoms with E-state index in [4.69, 9.17) is 4.42 Å². The van der Waals surface area contributed by atoms with Crippen molar-refractivity contribution in [3.8, 4) is 0 Å². The van der Waals surface area contributed by atoms with Crippen LogP contribution in [0.3, 0.4) is 0 Å². The van der Waals surface area contributed by atoms with Gasteiger partial charge in [-0.3, -0.25) is 0 Å². The maximum Gasteiger partial charge on any atom is 0.120 e. The van der Waals surface area contributed by atoms with E-state index in [1.807, 2.05) is 12.1 Å². The number of fused-ring (bicyclic) bond motifs is 1. The van der Waals surface area contributed by atoms with Crippen molar-refractivity contribution in [3.05, 3.63) is 24.2 Å². The Labute approximate surface area is 128 Å². The number of nitrogens with one attached hydrogen (secondary N) is 1. The van der Waals surface area contributed by atoms with Gasteiger partial charge in [0.2, 0.25) is 0 Å². The van der Waals surface area contributed by atoms with E-state index in [1.54, 1.807) is 6.26 Å². The zero-order valence-electron chi connectivity index (χ0n) is 13.4. The lowest BCUT2D eigenvalue weighted by Gasteiger charge is -2.46. The summed E-state index contributed by atoms with van der Waals surface area (Å²) in [7, 11) is 2.30. The maximum atomic E-state index is 5.44. The first-order valence-electron chi connectivity index (χ1n) is 8.43. The molecule has 0 saturated carbocycles. The van der Waals surface area contributed by atoms with Crippen molar-refractivity contribution in [2.45, 2.75) is 38.3 Å². The van der Waals surface area contributed by atoms with Crippen LogP contribution in [0.1, 0.15) is 38.0 Å². The molecular weight excluding hydrogens is 262 g/mol. The van der Waals surface area contributed by atoms with Gasteiger partial charge in [0, 0.05) is 25.7 Å². The average Bonchev–Trinajstić information content (AvgIpc) is 3.01. The number of likely N-dealkylation sites (tertiary alicyclic amines) is 2. The number of nitrogens with zero attached hydrogens (tertiary/aromatic N) is 2. The van der Waals surface area contributed by atoms with Crippen LogP contribution in [0, 0.1) is 5.92 Å². The minimum atomic E-state index is 0.304. The van der Waals surface area contributed by atoms with E-state index in [0.717, 1.165) is 30.8 Å². The minimum Gasteiger partial charge on any atom is -0.468 e. The first-order chi connectivity index (χ1) is 10.2. The Bertz CT molecular complexity index is 420. The Hall–Kier alpha value is -0.840. The average molecular weight is 291 g/mol. The first-order valence-corrected chi connectivity index (χ1v) is 8.43. The van der Waals surface area contributed by atoms with E-state index >= 15 is 0 Å². The van der Waals surface area contributed by atoms with Crippen LogP contribution in [0.2, 0.25) is 0 Å². The molecule has 2 fully saturated rings. The van der Waals surface area contributed by atoms with Gasteiger partial charge in [-0.1, -0.05) is 0 Å². The van der Waals surface area contributed by atoms with Crippen LogP contribution in [0.4, 0.5) is 0 Å². The van der Waals surface area contributed by atoms with E-state index in [-0.39, 0.29) is 0 Å². The fourth-order valence-electron chi connectivity index (χ4n) is 4.01. The van der Waals surface area contributed by atoms with Gasteiger partial charge >= 0.3 is 0 Å². The van der Waals surface area contributed by atoms with Crippen molar-refractivity contribution in [1.82, 2.24) is 15.1 Å². The van der Waals surface area contributed by atoms with Crippen LogP contribution < -0.4 is 5.32 Å². The van der Waals surface area contributed by atoms with Crippen molar-refractivity contribution in [1.29, 1.82) is 0 Å². The lowest BCUT2D eigenvalue weighted by Crippen LogP contribution is -2.53. The summed E-state index contributed by atoms with van der Waals surface area (Å²) in [5, 5.41) is 3.57. The predicted octanol–water partition coefficient (Wildman–Crippen LogP) is 2.35. The summed E-state index contributed by atoms with van der Waals surface area (Å²) < 4.78 is 5.44. The van der Waals surface area contributed by atoms with Crippen molar-refractivity contribution >= 4 is 0 Å². The van der Waals surface area contributed by atoms with Crippen LogP contribution in [0.25, 0.3) is 0 Å². The number of rotatable bonds is 5. The summed E-state index contributed by atoms with van der Waals surface area (Å²) in [6.07, 6.45) is 5.88. The van der Waals surface area contributed by atoms with E-state index in [0.29, 0.717) is 6.04 Å². The topological polar surface area (TPSA) is 31.6 Å². The molecule has 0 aromatic carbocycles. The molecule has 0 bridgehead atoms. The van der Waals surface area contributed by atoms with E-state index < -0.39 is 0 Å². The lowest BCUT2D eigenvalue weighted by molar-refractivity contribution is 0.0388. The Balaban J connectivity index is 1.40. The third-order valence-corrected chi connectivity index (χ3v) is 5.28. The summed E-state index contributed by atoms with van der Waals surface area (Å²) in [6, 6.07) is 5.14. The molecule has 21 heavy (non-hydrogen) atoms. The molecule has 1 N–H and O–H groups in total. The molecule has 4 heteroatoms. The molecule has 2 aliphatic heterocycles. The van der Waals surface area contributed by atoms with Crippen molar-refractivity contribution in [2.75, 3.05) is 39.8 Å². The molecule has 0 aliphatic carbocycles. The molecule has 0 radical (unpaired) electrons. The Kier molecular flexibility index (Phi) is 4.99. The van der Waals surface area contributed by atoms with Gasteiger partial charge in [-0.05, 0) is 64.4 Å². The highest BCUT2D eigenvalue weighted by atomic mass is 16.3. The monoisotopic (exact) mass is 291 g/mol. The standard InChI is InChI=1S/C17H29N3O/c1-14(17-6-4-12-21-17)18-8-11-20-10-7-16-15(13-20)5-3-9-19(16)2/h4,6,12,14-16,18H,3,5,7-11,13H2,1-2H3. The smallest absolute Gasteiger partial charge is 0.120 e. The van der Waals surface area contributed by atoms with Gasteiger partial charge in [0.25, 0.3) is 0 Å². The molecular formula is C17H29N3O. The molecule has 0 spiro atoms. The van der Waals surface area contributed by atoms with Gasteiger partial charge in [-0.15, -0.1) is 0 Å². The number of hydrogen-bond donors (Lipinski definition) is 1. The molecule has 3 rings (SSSR count). The number of hydrogen-bond acceptors (Lipinski definition) is 4. The summed E-state index contributed by atoms with van der Waals surface area (Å²) in [5.74, 6) is 1.92. The van der Waals surface area contributed by atoms with Gasteiger partial charge in [0.1, 0.15) is 5.76 Å². The van der Waals surface area contributed by atoms with Gasteiger partial charge < -0.3 is 19.5 Å². The van der Waals surface area contributed by atoms with Crippen LogP contribution in [-0.4, -0.2) is 55.6 Å². The summed E-state index contributed by atoms with van der Waals surface area (Å²) in [6.45, 7) is 8.19. The second-order valence-corrected chi connectivity index (χ2v) is 6.73. The van der Waals surface area contributed by atoms with E-state index in [9.17, 15) is 0 Å². The van der Waals surface area contributed by atoms with Crippen LogP contribution in [0.15, 0.2) is 22.8 Å². The van der Waals surface area contributed by atoms with Crippen molar-refractivity contribution in [3.63, 3.8) is 0 Å². The van der Waals surface area contributed by atoms with Crippen LogP contribution in [-0.2, 0) is 0 Å². The van der Waals surface area contributed by atoms with Crippen LogP contribution in [0.5, 0.6) is 0 Å². The molecule has 3 atom stereocenters. The highest BCUT2D eigenvalue weighted by molar-refractivity contribution is 5.02. The van der Waals surface area contributed by atoms with Crippen molar-refractivity contribution < 1.29 is 4.42 Å². The molecule has 3 heterocycles. The fraction of sp³-hybridized carbons (Fsp3) is 0.765. The normalized spacial score (nSPS) is 29.2. The molecule has 4 nitrogen and oxygen atoms in total. The third kappa shape index (κ3) is 3.68. The zero-order valence-corrected chi connectivity index (χ0v) is 13.4. The number of furan rings is 1. The third-order valence-electron chi connectivity index (χ3n) is 5.28. The minimum absolute atomic E-state index is 0.304. The summed E-state index contributed by atoms with van der Waals surface area (Å²) in [4.78, 5) is 5.23. The molecule has 118 valence electrons. The Morgan fingerprint density at radius 1 is 1.38 bits per heavy atom. The molecule has 1 aromatic heterocycles. The largest absolute Gasteiger partial charge is 0.468 e. The molecule has 0 amide bonds. The molecule has 2 saturated heterocycles. The van der Waals surface area contributed by atoms with E-state index in [1.165, 1.54) is 38.9 Å². The highest BCUT2D eigenvalue weighted by Crippen LogP contribution is 2.29. The summed E-state index contributed by atoms with van der Waals surface area (Å²) in [5.41, 5.74) is 0. The maximum absolute atomic E-state index is 5.44. The second-order valence-electron chi connectivity index (χ2n) is 6.73. The van der Waals surface area contributed by atoms with Gasteiger partial charge in [0.05, 0.1) is 12.3 Å². The molecule has 1 aromatic rings. The zero-order chi connectivity index (χ0) is 14.7. The highest BCUT2D eigenvalue weighted by Gasteiger charge is 2.33. The molecule has 2 aliphatic rings.